The zero-order chi connectivity index (χ0) is 14.8. The van der Waals surface area contributed by atoms with E-state index in [1.165, 1.54) is 12.1 Å². The third-order valence-electron chi connectivity index (χ3n) is 3.94. The van der Waals surface area contributed by atoms with Crippen LogP contribution in [-0.4, -0.2) is 38.1 Å². The Kier molecular flexibility index (Phi) is 4.78. The maximum absolute atomic E-state index is 13.6. The molecule has 6 heteroatoms. The summed E-state index contributed by atoms with van der Waals surface area (Å²) in [5.74, 6) is -0.697. The Morgan fingerprint density at radius 1 is 1.30 bits per heavy atom. The lowest BCUT2D eigenvalue weighted by Crippen LogP contribution is -2.42. The second kappa shape index (κ2) is 6.20. The fourth-order valence-corrected chi connectivity index (χ4v) is 3.17. The Hall–Kier alpha value is -0.980. The van der Waals surface area contributed by atoms with Crippen molar-refractivity contribution >= 4 is 10.7 Å². The summed E-state index contributed by atoms with van der Waals surface area (Å²) < 4.78 is 35.2. The van der Waals surface area contributed by atoms with Crippen molar-refractivity contribution in [2.45, 2.75) is 31.1 Å². The Labute approximate surface area is 120 Å². The molecule has 0 saturated carbocycles. The smallest absolute Gasteiger partial charge is 0.144 e. The van der Waals surface area contributed by atoms with Crippen LogP contribution in [0.3, 0.4) is 0 Å². The van der Waals surface area contributed by atoms with Gasteiger partial charge in [-0.3, -0.25) is 0 Å². The third-order valence-corrected chi connectivity index (χ3v) is 4.56. The number of rotatable bonds is 4. The number of halogens is 1. The topological polar surface area (TPSA) is 57.6 Å². The van der Waals surface area contributed by atoms with Crippen molar-refractivity contribution in [3.05, 3.63) is 35.1 Å². The fourth-order valence-electron chi connectivity index (χ4n) is 2.69. The van der Waals surface area contributed by atoms with Crippen molar-refractivity contribution in [2.24, 2.45) is 0 Å². The molecular formula is C14H20FNO3S. The third kappa shape index (κ3) is 3.56. The van der Waals surface area contributed by atoms with Gasteiger partial charge >= 0.3 is 0 Å². The van der Waals surface area contributed by atoms with Crippen molar-refractivity contribution in [2.75, 3.05) is 19.6 Å². The van der Waals surface area contributed by atoms with Crippen molar-refractivity contribution in [3.63, 3.8) is 0 Å². The molecule has 112 valence electrons. The van der Waals surface area contributed by atoms with Crippen LogP contribution in [0, 0.1) is 5.82 Å². The van der Waals surface area contributed by atoms with E-state index < -0.39 is 22.1 Å². The molecule has 0 bridgehead atoms. The molecule has 0 amide bonds. The van der Waals surface area contributed by atoms with Gasteiger partial charge in [0, 0.05) is 13.1 Å². The average Bonchev–Trinajstić information content (AvgIpc) is 2.38. The van der Waals surface area contributed by atoms with Crippen LogP contribution in [0.1, 0.15) is 30.9 Å². The minimum Gasteiger partial charge on any atom is -0.385 e. The summed E-state index contributed by atoms with van der Waals surface area (Å²) in [4.78, 5) is 2.23. The summed E-state index contributed by atoms with van der Waals surface area (Å²) >= 11 is 0. The Bertz CT molecular complexity index is 543. The van der Waals surface area contributed by atoms with Gasteiger partial charge in [0.25, 0.3) is 0 Å². The van der Waals surface area contributed by atoms with Crippen LogP contribution in [-0.2, 0) is 22.1 Å². The van der Waals surface area contributed by atoms with Gasteiger partial charge in [-0.15, -0.1) is 0 Å². The van der Waals surface area contributed by atoms with E-state index in [1.54, 1.807) is 6.07 Å². The first-order valence-corrected chi connectivity index (χ1v) is 8.16. The number of hydrogen-bond acceptors (Lipinski definition) is 4. The lowest BCUT2D eigenvalue weighted by atomic mass is 9.84. The minimum atomic E-state index is -2.60. The molecule has 1 aliphatic heterocycles. The van der Waals surface area contributed by atoms with Crippen LogP contribution in [0.25, 0.3) is 0 Å². The highest BCUT2D eigenvalue weighted by Gasteiger charge is 2.34. The number of benzene rings is 1. The summed E-state index contributed by atoms with van der Waals surface area (Å²) in [7, 11) is -2.60. The molecule has 1 aromatic carbocycles. The SMILES string of the molecule is CCN1CCC(O)(c2cc(F)cc(C[SH](=O)=O)c2)CC1. The van der Waals surface area contributed by atoms with Gasteiger partial charge in [0.2, 0.25) is 0 Å². The van der Waals surface area contributed by atoms with Gasteiger partial charge in [-0.05, 0) is 42.6 Å². The number of thiol groups is 1. The zero-order valence-electron chi connectivity index (χ0n) is 11.5. The maximum atomic E-state index is 13.6. The van der Waals surface area contributed by atoms with Crippen LogP contribution in [0.5, 0.6) is 0 Å². The maximum Gasteiger partial charge on any atom is 0.144 e. The molecular weight excluding hydrogens is 281 g/mol. The molecule has 0 aliphatic carbocycles. The van der Waals surface area contributed by atoms with E-state index in [2.05, 4.69) is 11.8 Å². The van der Waals surface area contributed by atoms with Gasteiger partial charge in [0.05, 0.1) is 11.4 Å². The van der Waals surface area contributed by atoms with Crippen LogP contribution in [0.2, 0.25) is 0 Å². The van der Waals surface area contributed by atoms with Crippen molar-refractivity contribution < 1.29 is 17.9 Å². The predicted molar refractivity (Wildman–Crippen MR) is 75.7 cm³/mol. The molecule has 1 aliphatic rings. The van der Waals surface area contributed by atoms with Crippen LogP contribution in [0.15, 0.2) is 18.2 Å². The van der Waals surface area contributed by atoms with E-state index in [0.717, 1.165) is 19.6 Å². The van der Waals surface area contributed by atoms with Crippen molar-refractivity contribution in [1.82, 2.24) is 4.90 Å². The zero-order valence-corrected chi connectivity index (χ0v) is 12.4. The van der Waals surface area contributed by atoms with Gasteiger partial charge < -0.3 is 10.0 Å². The highest BCUT2D eigenvalue weighted by molar-refractivity contribution is 7.71. The lowest BCUT2D eigenvalue weighted by Gasteiger charge is -2.38. The van der Waals surface area contributed by atoms with Crippen LogP contribution < -0.4 is 0 Å². The van der Waals surface area contributed by atoms with E-state index in [1.807, 2.05) is 0 Å². The van der Waals surface area contributed by atoms with E-state index in [0.29, 0.717) is 24.0 Å². The first kappa shape index (κ1) is 15.4. The molecule has 1 N–H and O–H groups in total. The molecule has 1 fully saturated rings. The highest BCUT2D eigenvalue weighted by Crippen LogP contribution is 2.33. The monoisotopic (exact) mass is 301 g/mol. The normalized spacial score (nSPS) is 19.4. The van der Waals surface area contributed by atoms with Gasteiger partial charge in [0.15, 0.2) is 0 Å². The summed E-state index contributed by atoms with van der Waals surface area (Å²) in [6.45, 7) is 4.51. The van der Waals surface area contributed by atoms with Gasteiger partial charge in [0.1, 0.15) is 16.5 Å². The van der Waals surface area contributed by atoms with E-state index in [4.69, 9.17) is 0 Å². The number of likely N-dealkylation sites (tertiary alicyclic amines) is 1. The first-order valence-electron chi connectivity index (χ1n) is 6.79. The van der Waals surface area contributed by atoms with Gasteiger partial charge in [-0.1, -0.05) is 13.0 Å². The molecule has 20 heavy (non-hydrogen) atoms. The summed E-state index contributed by atoms with van der Waals surface area (Å²) in [6, 6.07) is 4.12. The largest absolute Gasteiger partial charge is 0.385 e. The molecule has 1 aromatic rings. The van der Waals surface area contributed by atoms with E-state index in [-0.39, 0.29) is 5.75 Å². The molecule has 2 rings (SSSR count). The Balaban J connectivity index is 2.25. The summed E-state index contributed by atoms with van der Waals surface area (Å²) in [5.41, 5.74) is -0.181. The molecule has 0 spiro atoms. The fraction of sp³-hybridized carbons (Fsp3) is 0.571. The molecule has 0 unspecified atom stereocenters. The number of hydrogen-bond donors (Lipinski definition) is 2. The second-order valence-corrected chi connectivity index (χ2v) is 6.29. The number of nitrogens with zero attached hydrogens (tertiary/aromatic N) is 1. The van der Waals surface area contributed by atoms with E-state index >= 15 is 0 Å². The summed E-state index contributed by atoms with van der Waals surface area (Å²) in [6.07, 6.45) is 1.07. The number of aliphatic hydroxyl groups is 1. The van der Waals surface area contributed by atoms with Crippen molar-refractivity contribution in [3.8, 4) is 0 Å². The quantitative estimate of drug-likeness (QED) is 0.822. The number of piperidine rings is 1. The second-order valence-electron chi connectivity index (χ2n) is 5.30. The highest BCUT2D eigenvalue weighted by atomic mass is 32.2. The van der Waals surface area contributed by atoms with E-state index in [9.17, 15) is 17.9 Å². The standard InChI is InChI=1S/C14H20FNO3S/c1-2-16-5-3-14(17,4-6-16)12-7-11(10-20(18)19)8-13(15)9-12/h7-9,17,20H,2-6,10H2,1H3. The summed E-state index contributed by atoms with van der Waals surface area (Å²) in [5, 5.41) is 10.7. The lowest BCUT2D eigenvalue weighted by molar-refractivity contribution is -0.0249. The molecule has 4 nitrogen and oxygen atoms in total. The molecule has 0 atom stereocenters. The Morgan fingerprint density at radius 2 is 1.95 bits per heavy atom. The minimum absolute atomic E-state index is 0.197. The van der Waals surface area contributed by atoms with Crippen LogP contribution >= 0.6 is 0 Å². The van der Waals surface area contributed by atoms with Crippen LogP contribution in [0.4, 0.5) is 4.39 Å². The Morgan fingerprint density at radius 3 is 2.50 bits per heavy atom. The van der Waals surface area contributed by atoms with Crippen molar-refractivity contribution in [1.29, 1.82) is 0 Å². The molecule has 0 aromatic heterocycles. The molecule has 0 radical (unpaired) electrons. The predicted octanol–water partition coefficient (Wildman–Crippen LogP) is 1.24. The average molecular weight is 301 g/mol. The van der Waals surface area contributed by atoms with Gasteiger partial charge in [-0.25, -0.2) is 12.8 Å². The van der Waals surface area contributed by atoms with Gasteiger partial charge in [-0.2, -0.15) is 0 Å². The first-order chi connectivity index (χ1) is 9.43. The molecule has 1 heterocycles. The molecule has 1 saturated heterocycles.